The van der Waals surface area contributed by atoms with E-state index >= 15 is 0 Å². The second-order valence-electron chi connectivity index (χ2n) is 2.45. The first kappa shape index (κ1) is 11.1. The normalized spacial score (nSPS) is 22.3. The fourth-order valence-corrected chi connectivity index (χ4v) is 2.17. The standard InChI is InChI=1S/C6H15O4P/c1-3-5(7)11(9,10)6(8)4-2/h5-8H,3-4H2,1-2H3,(H,9,10). The van der Waals surface area contributed by atoms with Crippen molar-refractivity contribution in [1.29, 1.82) is 0 Å². The number of hydrogen-bond donors (Lipinski definition) is 3. The molecule has 0 aromatic rings. The van der Waals surface area contributed by atoms with Crippen molar-refractivity contribution in [2.24, 2.45) is 0 Å². The molecule has 0 fully saturated rings. The lowest BCUT2D eigenvalue weighted by Gasteiger charge is -2.20. The number of aliphatic hydroxyl groups is 2. The van der Waals surface area contributed by atoms with E-state index in [-0.39, 0.29) is 12.8 Å². The molecule has 0 bridgehead atoms. The Bertz CT molecular complexity index is 145. The van der Waals surface area contributed by atoms with Gasteiger partial charge in [0.25, 0.3) is 7.37 Å². The van der Waals surface area contributed by atoms with Gasteiger partial charge >= 0.3 is 0 Å². The molecular formula is C6H15O4P. The lowest BCUT2D eigenvalue weighted by Crippen LogP contribution is -2.16. The summed E-state index contributed by atoms with van der Waals surface area (Å²) in [6.07, 6.45) is 0.371. The zero-order valence-corrected chi connectivity index (χ0v) is 7.66. The fourth-order valence-electron chi connectivity index (χ4n) is 0.722. The molecule has 3 N–H and O–H groups in total. The maximum atomic E-state index is 11.1. The van der Waals surface area contributed by atoms with Crippen molar-refractivity contribution < 1.29 is 19.7 Å². The molecule has 0 aliphatic rings. The van der Waals surface area contributed by atoms with Gasteiger partial charge in [0.15, 0.2) is 0 Å². The van der Waals surface area contributed by atoms with Crippen LogP contribution in [-0.4, -0.2) is 26.8 Å². The van der Waals surface area contributed by atoms with E-state index in [9.17, 15) is 4.57 Å². The minimum atomic E-state index is -3.76. The zero-order valence-electron chi connectivity index (χ0n) is 6.77. The average molecular weight is 182 g/mol. The molecule has 11 heavy (non-hydrogen) atoms. The van der Waals surface area contributed by atoms with Gasteiger partial charge < -0.3 is 15.1 Å². The molecule has 4 nitrogen and oxygen atoms in total. The highest BCUT2D eigenvalue weighted by atomic mass is 31.2. The minimum absolute atomic E-state index is 0.185. The van der Waals surface area contributed by atoms with Crippen LogP contribution in [0.25, 0.3) is 0 Å². The Labute approximate surface area is 66.3 Å². The monoisotopic (exact) mass is 182 g/mol. The third-order valence-corrected chi connectivity index (χ3v) is 4.02. The molecule has 0 amide bonds. The summed E-state index contributed by atoms with van der Waals surface area (Å²) in [5.74, 6) is -2.59. The van der Waals surface area contributed by atoms with Crippen LogP contribution in [0.2, 0.25) is 0 Å². The quantitative estimate of drug-likeness (QED) is 0.559. The van der Waals surface area contributed by atoms with Gasteiger partial charge in [-0.15, -0.1) is 0 Å². The molecule has 0 radical (unpaired) electrons. The van der Waals surface area contributed by atoms with Crippen molar-refractivity contribution in [1.82, 2.24) is 0 Å². The van der Waals surface area contributed by atoms with Crippen LogP contribution >= 0.6 is 7.37 Å². The fraction of sp³-hybridized carbons (Fsp3) is 1.00. The van der Waals surface area contributed by atoms with E-state index in [1.807, 2.05) is 0 Å². The molecular weight excluding hydrogens is 167 g/mol. The smallest absolute Gasteiger partial charge is 0.255 e. The Balaban J connectivity index is 4.32. The highest BCUT2D eigenvalue weighted by Gasteiger charge is 2.34. The Hall–Kier alpha value is 0.110. The van der Waals surface area contributed by atoms with Crippen molar-refractivity contribution in [3.63, 3.8) is 0 Å². The Kier molecular flexibility index (Phi) is 4.26. The van der Waals surface area contributed by atoms with Gasteiger partial charge in [0.2, 0.25) is 0 Å². The first-order valence-corrected chi connectivity index (χ1v) is 5.44. The Morgan fingerprint density at radius 3 is 1.64 bits per heavy atom. The van der Waals surface area contributed by atoms with Crippen LogP contribution < -0.4 is 0 Å². The molecule has 0 spiro atoms. The van der Waals surface area contributed by atoms with Gasteiger partial charge in [0.05, 0.1) is 0 Å². The van der Waals surface area contributed by atoms with Crippen LogP contribution in [0.4, 0.5) is 0 Å². The van der Waals surface area contributed by atoms with Crippen LogP contribution in [0.1, 0.15) is 26.7 Å². The molecule has 68 valence electrons. The predicted octanol–water partition coefficient (Wildman–Crippen LogP) is 0.714. The van der Waals surface area contributed by atoms with E-state index in [0.29, 0.717) is 0 Å². The van der Waals surface area contributed by atoms with E-state index in [4.69, 9.17) is 15.1 Å². The number of aliphatic hydroxyl groups excluding tert-OH is 2. The van der Waals surface area contributed by atoms with Gasteiger partial charge in [-0.25, -0.2) is 0 Å². The van der Waals surface area contributed by atoms with E-state index in [2.05, 4.69) is 0 Å². The van der Waals surface area contributed by atoms with Crippen LogP contribution in [0.3, 0.4) is 0 Å². The third kappa shape index (κ3) is 2.56. The molecule has 0 rings (SSSR count). The maximum absolute atomic E-state index is 11.1. The summed E-state index contributed by atoms with van der Waals surface area (Å²) < 4.78 is 11.1. The van der Waals surface area contributed by atoms with E-state index in [1.165, 1.54) is 0 Å². The maximum Gasteiger partial charge on any atom is 0.255 e. The second-order valence-corrected chi connectivity index (χ2v) is 4.99. The zero-order chi connectivity index (χ0) is 9.07. The largest absolute Gasteiger partial charge is 0.383 e. The van der Waals surface area contributed by atoms with Gasteiger partial charge in [-0.05, 0) is 12.8 Å². The summed E-state index contributed by atoms with van der Waals surface area (Å²) >= 11 is 0. The average Bonchev–Trinajstić information content (AvgIpc) is 2.01. The molecule has 0 aromatic heterocycles. The Morgan fingerprint density at radius 1 is 1.18 bits per heavy atom. The number of rotatable bonds is 4. The molecule has 0 saturated heterocycles. The summed E-state index contributed by atoms with van der Waals surface area (Å²) in [6, 6.07) is 0. The molecule has 0 aliphatic heterocycles. The van der Waals surface area contributed by atoms with Gasteiger partial charge in [-0.1, -0.05) is 13.8 Å². The van der Waals surface area contributed by atoms with Crippen molar-refractivity contribution in [2.75, 3.05) is 0 Å². The molecule has 0 aromatic carbocycles. The molecule has 2 atom stereocenters. The van der Waals surface area contributed by atoms with Crippen LogP contribution in [0, 0.1) is 0 Å². The van der Waals surface area contributed by atoms with Crippen LogP contribution in [0.5, 0.6) is 0 Å². The summed E-state index contributed by atoms with van der Waals surface area (Å²) in [5.41, 5.74) is 0. The Morgan fingerprint density at radius 2 is 1.45 bits per heavy atom. The lowest BCUT2D eigenvalue weighted by molar-refractivity contribution is 0.179. The van der Waals surface area contributed by atoms with Crippen molar-refractivity contribution in [3.8, 4) is 0 Å². The summed E-state index contributed by atoms with van der Waals surface area (Å²) in [6.45, 7) is 3.19. The van der Waals surface area contributed by atoms with Crippen molar-refractivity contribution in [2.45, 2.75) is 38.4 Å². The van der Waals surface area contributed by atoms with Crippen molar-refractivity contribution >= 4 is 7.37 Å². The van der Waals surface area contributed by atoms with Crippen LogP contribution in [0.15, 0.2) is 0 Å². The van der Waals surface area contributed by atoms with Gasteiger partial charge in [-0.3, -0.25) is 4.57 Å². The van der Waals surface area contributed by atoms with E-state index in [1.54, 1.807) is 13.8 Å². The SMILES string of the molecule is CCC(O)P(=O)(O)C(O)CC. The summed E-state index contributed by atoms with van der Waals surface area (Å²) in [5, 5.41) is 18.0. The predicted molar refractivity (Wildman–Crippen MR) is 42.4 cm³/mol. The molecule has 0 saturated carbocycles. The van der Waals surface area contributed by atoms with Crippen molar-refractivity contribution in [3.05, 3.63) is 0 Å². The molecule has 0 heterocycles. The summed E-state index contributed by atoms with van der Waals surface area (Å²) in [4.78, 5) is 9.11. The van der Waals surface area contributed by atoms with Gasteiger partial charge in [0.1, 0.15) is 11.7 Å². The van der Waals surface area contributed by atoms with Crippen LogP contribution in [-0.2, 0) is 4.57 Å². The lowest BCUT2D eigenvalue weighted by atomic mass is 10.5. The van der Waals surface area contributed by atoms with Gasteiger partial charge in [0, 0.05) is 0 Å². The highest BCUT2D eigenvalue weighted by Crippen LogP contribution is 2.51. The first-order valence-electron chi connectivity index (χ1n) is 3.65. The second kappa shape index (κ2) is 4.21. The van der Waals surface area contributed by atoms with Gasteiger partial charge in [-0.2, -0.15) is 0 Å². The summed E-state index contributed by atoms with van der Waals surface area (Å²) in [7, 11) is -3.76. The number of hydrogen-bond acceptors (Lipinski definition) is 3. The first-order chi connectivity index (χ1) is 4.96. The van der Waals surface area contributed by atoms with E-state index < -0.39 is 19.1 Å². The molecule has 0 aliphatic carbocycles. The molecule has 2 unspecified atom stereocenters. The molecule has 5 heteroatoms. The highest BCUT2D eigenvalue weighted by molar-refractivity contribution is 7.59. The minimum Gasteiger partial charge on any atom is -0.383 e. The third-order valence-electron chi connectivity index (χ3n) is 1.58. The van der Waals surface area contributed by atoms with E-state index in [0.717, 1.165) is 0 Å². The topological polar surface area (TPSA) is 77.8 Å².